The van der Waals surface area contributed by atoms with Gasteiger partial charge in [0.05, 0.1) is 0 Å². The van der Waals surface area contributed by atoms with Crippen LogP contribution in [0.2, 0.25) is 0 Å². The third-order valence-electron chi connectivity index (χ3n) is 4.49. The number of hydrogen-bond acceptors (Lipinski definition) is 4. The maximum Gasteiger partial charge on any atom is 0.0368 e. The van der Waals surface area contributed by atoms with Gasteiger partial charge in [-0.05, 0) is 42.0 Å². The zero-order valence-electron chi connectivity index (χ0n) is 14.1. The van der Waals surface area contributed by atoms with Crippen LogP contribution in [0.5, 0.6) is 0 Å². The average molecular weight is 310 g/mol. The lowest BCUT2D eigenvalue weighted by Gasteiger charge is -2.36. The highest BCUT2D eigenvalue weighted by molar-refractivity contribution is 5.53. The molecule has 0 saturated carbocycles. The van der Waals surface area contributed by atoms with Crippen LogP contribution in [0.4, 0.5) is 17.1 Å². The van der Waals surface area contributed by atoms with Gasteiger partial charge < -0.3 is 15.5 Å². The second kappa shape index (κ2) is 6.92. The van der Waals surface area contributed by atoms with Crippen LogP contribution >= 0.6 is 0 Å². The Morgan fingerprint density at radius 3 is 2.04 bits per heavy atom. The van der Waals surface area contributed by atoms with E-state index in [9.17, 15) is 0 Å². The Balaban J connectivity index is 1.53. The van der Waals surface area contributed by atoms with E-state index in [4.69, 9.17) is 5.73 Å². The van der Waals surface area contributed by atoms with Crippen molar-refractivity contribution in [1.82, 2.24) is 4.90 Å². The van der Waals surface area contributed by atoms with Crippen molar-refractivity contribution in [3.63, 3.8) is 0 Å². The van der Waals surface area contributed by atoms with Crippen LogP contribution < -0.4 is 15.5 Å². The molecule has 1 fully saturated rings. The van der Waals surface area contributed by atoms with Crippen LogP contribution in [0.3, 0.4) is 0 Å². The number of rotatable bonds is 4. The van der Waals surface area contributed by atoms with Gasteiger partial charge in [-0.2, -0.15) is 0 Å². The minimum Gasteiger partial charge on any atom is -0.399 e. The number of benzene rings is 2. The van der Waals surface area contributed by atoms with Gasteiger partial charge in [0.1, 0.15) is 0 Å². The Kier molecular flexibility index (Phi) is 4.72. The highest BCUT2D eigenvalue weighted by atomic mass is 15.3. The molecule has 3 rings (SSSR count). The van der Waals surface area contributed by atoms with Gasteiger partial charge in [0.2, 0.25) is 0 Å². The Bertz CT molecular complexity index is 611. The van der Waals surface area contributed by atoms with Crippen molar-refractivity contribution in [2.45, 2.75) is 6.54 Å². The minimum absolute atomic E-state index is 0.827. The monoisotopic (exact) mass is 310 g/mol. The number of piperazine rings is 1. The molecule has 0 amide bonds. The van der Waals surface area contributed by atoms with Crippen LogP contribution in [0, 0.1) is 0 Å². The van der Waals surface area contributed by atoms with Gasteiger partial charge in [-0.15, -0.1) is 0 Å². The zero-order valence-corrected chi connectivity index (χ0v) is 14.1. The van der Waals surface area contributed by atoms with E-state index in [0.29, 0.717) is 0 Å². The lowest BCUT2D eigenvalue weighted by Crippen LogP contribution is -2.45. The molecule has 2 aromatic rings. The molecule has 0 radical (unpaired) electrons. The van der Waals surface area contributed by atoms with Gasteiger partial charge in [0.25, 0.3) is 0 Å². The molecule has 0 bridgehead atoms. The lowest BCUT2D eigenvalue weighted by molar-refractivity contribution is 0.250. The van der Waals surface area contributed by atoms with E-state index in [0.717, 1.165) is 38.4 Å². The number of nitrogens with zero attached hydrogens (tertiary/aromatic N) is 3. The molecule has 0 atom stereocenters. The zero-order chi connectivity index (χ0) is 16.2. The normalized spacial score (nSPS) is 15.7. The molecule has 1 saturated heterocycles. The Labute approximate surface area is 139 Å². The van der Waals surface area contributed by atoms with E-state index in [1.165, 1.54) is 16.9 Å². The molecule has 122 valence electrons. The van der Waals surface area contributed by atoms with Crippen molar-refractivity contribution in [2.75, 3.05) is 55.8 Å². The van der Waals surface area contributed by atoms with E-state index >= 15 is 0 Å². The molecule has 1 aliphatic heterocycles. The summed E-state index contributed by atoms with van der Waals surface area (Å²) in [6.07, 6.45) is 0. The van der Waals surface area contributed by atoms with Crippen LogP contribution in [0.15, 0.2) is 48.5 Å². The van der Waals surface area contributed by atoms with E-state index in [1.54, 1.807) is 0 Å². The van der Waals surface area contributed by atoms with Crippen molar-refractivity contribution in [3.05, 3.63) is 54.1 Å². The van der Waals surface area contributed by atoms with Gasteiger partial charge in [0.15, 0.2) is 0 Å². The number of nitrogen functional groups attached to an aromatic ring is 1. The molecule has 4 nitrogen and oxygen atoms in total. The summed E-state index contributed by atoms with van der Waals surface area (Å²) in [7, 11) is 4.15. The van der Waals surface area contributed by atoms with E-state index in [1.807, 2.05) is 12.1 Å². The van der Waals surface area contributed by atoms with Crippen molar-refractivity contribution in [3.8, 4) is 0 Å². The van der Waals surface area contributed by atoms with Gasteiger partial charge in [0, 0.05) is 63.9 Å². The molecule has 0 aromatic heterocycles. The maximum atomic E-state index is 5.76. The second-order valence-corrected chi connectivity index (χ2v) is 6.42. The Morgan fingerprint density at radius 1 is 0.870 bits per heavy atom. The van der Waals surface area contributed by atoms with E-state index < -0.39 is 0 Å². The molecule has 23 heavy (non-hydrogen) atoms. The summed E-state index contributed by atoms with van der Waals surface area (Å²) in [5, 5.41) is 0. The van der Waals surface area contributed by atoms with Crippen LogP contribution in [0.1, 0.15) is 5.56 Å². The SMILES string of the molecule is CN(C)c1ccc(CN2CCN(c3ccc(N)cc3)CC2)cc1. The Hall–Kier alpha value is -2.20. The van der Waals surface area contributed by atoms with Gasteiger partial charge in [-0.3, -0.25) is 4.90 Å². The number of anilines is 3. The van der Waals surface area contributed by atoms with E-state index in [2.05, 4.69) is 65.2 Å². The van der Waals surface area contributed by atoms with E-state index in [-0.39, 0.29) is 0 Å². The standard InChI is InChI=1S/C19H26N4/c1-21(2)18-7-3-16(4-8-18)15-22-11-13-23(14-12-22)19-9-5-17(20)6-10-19/h3-10H,11-15,20H2,1-2H3. The largest absolute Gasteiger partial charge is 0.399 e. The fourth-order valence-electron chi connectivity index (χ4n) is 3.01. The molecule has 4 heteroatoms. The smallest absolute Gasteiger partial charge is 0.0368 e. The number of hydrogen-bond donors (Lipinski definition) is 1. The second-order valence-electron chi connectivity index (χ2n) is 6.42. The van der Waals surface area contributed by atoms with Crippen molar-refractivity contribution >= 4 is 17.1 Å². The topological polar surface area (TPSA) is 35.7 Å². The molecule has 0 unspecified atom stereocenters. The summed E-state index contributed by atoms with van der Waals surface area (Å²) in [6.45, 7) is 5.36. The molecule has 2 N–H and O–H groups in total. The summed E-state index contributed by atoms with van der Waals surface area (Å²) in [4.78, 5) is 7.10. The quantitative estimate of drug-likeness (QED) is 0.881. The van der Waals surface area contributed by atoms with Crippen molar-refractivity contribution in [2.24, 2.45) is 0 Å². The fourth-order valence-corrected chi connectivity index (χ4v) is 3.01. The molecule has 1 heterocycles. The molecule has 0 aliphatic carbocycles. The summed E-state index contributed by atoms with van der Waals surface area (Å²) in [6, 6.07) is 17.1. The Morgan fingerprint density at radius 2 is 1.48 bits per heavy atom. The average Bonchev–Trinajstić information content (AvgIpc) is 2.57. The molecule has 0 spiro atoms. The summed E-state index contributed by atoms with van der Waals surface area (Å²) < 4.78 is 0. The predicted octanol–water partition coefficient (Wildman–Crippen LogP) is 2.66. The molecule has 1 aliphatic rings. The highest BCUT2D eigenvalue weighted by Crippen LogP contribution is 2.19. The summed E-state index contributed by atoms with van der Waals surface area (Å²) >= 11 is 0. The first-order valence-electron chi connectivity index (χ1n) is 8.21. The molecular weight excluding hydrogens is 284 g/mol. The van der Waals surface area contributed by atoms with Crippen molar-refractivity contribution < 1.29 is 0 Å². The minimum atomic E-state index is 0.827. The van der Waals surface area contributed by atoms with Crippen molar-refractivity contribution in [1.29, 1.82) is 0 Å². The summed E-state index contributed by atoms with van der Waals surface area (Å²) in [5.41, 5.74) is 10.5. The third-order valence-corrected chi connectivity index (χ3v) is 4.49. The predicted molar refractivity (Wildman–Crippen MR) is 99.1 cm³/mol. The highest BCUT2D eigenvalue weighted by Gasteiger charge is 2.17. The summed E-state index contributed by atoms with van der Waals surface area (Å²) in [5.74, 6) is 0. The molecular formula is C19H26N4. The van der Waals surface area contributed by atoms with Crippen LogP contribution in [-0.2, 0) is 6.54 Å². The number of nitrogens with two attached hydrogens (primary N) is 1. The molecule has 2 aromatic carbocycles. The van der Waals surface area contributed by atoms with Crippen LogP contribution in [-0.4, -0.2) is 45.2 Å². The first-order valence-corrected chi connectivity index (χ1v) is 8.21. The van der Waals surface area contributed by atoms with Gasteiger partial charge in [-0.25, -0.2) is 0 Å². The fraction of sp³-hybridized carbons (Fsp3) is 0.368. The first-order chi connectivity index (χ1) is 11.1. The third kappa shape index (κ3) is 3.96. The lowest BCUT2D eigenvalue weighted by atomic mass is 10.1. The van der Waals surface area contributed by atoms with Crippen LogP contribution in [0.25, 0.3) is 0 Å². The van der Waals surface area contributed by atoms with Gasteiger partial charge in [-0.1, -0.05) is 12.1 Å². The first kappa shape index (κ1) is 15.7. The van der Waals surface area contributed by atoms with Gasteiger partial charge >= 0.3 is 0 Å². The maximum absolute atomic E-state index is 5.76.